The van der Waals surface area contributed by atoms with Crippen LogP contribution in [0.25, 0.3) is 0 Å². The number of allylic oxidation sites excluding steroid dienone is 5. The molecule has 0 bridgehead atoms. The van der Waals surface area contributed by atoms with Gasteiger partial charge in [0.2, 0.25) is 0 Å². The van der Waals surface area contributed by atoms with Gasteiger partial charge in [0.15, 0.2) is 5.88 Å². The second-order valence-electron chi connectivity index (χ2n) is 8.03. The van der Waals surface area contributed by atoms with E-state index in [1.54, 1.807) is 0 Å². The predicted octanol–water partition coefficient (Wildman–Crippen LogP) is 4.82. The van der Waals surface area contributed by atoms with E-state index in [1.807, 2.05) is 0 Å². The van der Waals surface area contributed by atoms with Crippen LogP contribution in [0.3, 0.4) is 0 Å². The Morgan fingerprint density at radius 1 is 0.926 bits per heavy atom. The Hall–Kier alpha value is -2.31. The lowest BCUT2D eigenvalue weighted by Crippen LogP contribution is -2.36. The second kappa shape index (κ2) is 7.37. The molecule has 0 unspecified atom stereocenters. The summed E-state index contributed by atoms with van der Waals surface area (Å²) in [5.41, 5.74) is 1.36. The molecule has 2 aromatic carbocycles. The van der Waals surface area contributed by atoms with Crippen molar-refractivity contribution in [2.45, 2.75) is 26.8 Å². The number of rotatable bonds is 3. The molecule has 1 saturated heterocycles. The maximum Gasteiger partial charge on any atom is 0.195 e. The highest BCUT2D eigenvalue weighted by molar-refractivity contribution is 7.77. The average Bonchev–Trinajstić information content (AvgIpc) is 3.33. The van der Waals surface area contributed by atoms with Gasteiger partial charge in [0.25, 0.3) is 0 Å². The van der Waals surface area contributed by atoms with E-state index in [-0.39, 0.29) is 5.41 Å². The van der Waals surface area contributed by atoms with Crippen molar-refractivity contribution in [3.63, 3.8) is 0 Å². The van der Waals surface area contributed by atoms with Gasteiger partial charge in [0.1, 0.15) is 6.61 Å². The minimum atomic E-state index is -0.629. The Bertz CT molecular complexity index is 851. The van der Waals surface area contributed by atoms with E-state index in [9.17, 15) is 0 Å². The first-order valence-corrected chi connectivity index (χ1v) is 10.8. The molecule has 138 valence electrons. The normalized spacial score (nSPS) is 21.9. The van der Waals surface area contributed by atoms with Gasteiger partial charge in [0, 0.05) is 5.57 Å². The smallest absolute Gasteiger partial charge is 0.195 e. The van der Waals surface area contributed by atoms with Gasteiger partial charge in [-0.15, -0.1) is 0 Å². The van der Waals surface area contributed by atoms with Gasteiger partial charge in [-0.1, -0.05) is 93.6 Å². The molecule has 0 aromatic heterocycles. The van der Waals surface area contributed by atoms with E-state index in [2.05, 4.69) is 105 Å². The monoisotopic (exact) mass is 375 g/mol. The second-order valence-corrected chi connectivity index (χ2v) is 10.2. The number of hydrogen-bond donors (Lipinski definition) is 1. The fraction of sp³-hybridized carbons (Fsp3) is 0.250. The summed E-state index contributed by atoms with van der Waals surface area (Å²) >= 11 is 0. The maximum atomic E-state index is 6.11. The molecule has 0 spiro atoms. The van der Waals surface area contributed by atoms with E-state index in [0.717, 1.165) is 12.5 Å². The minimum Gasteiger partial charge on any atom is -0.477 e. The van der Waals surface area contributed by atoms with Gasteiger partial charge in [-0.2, -0.15) is 0 Å². The largest absolute Gasteiger partial charge is 0.477 e. The molecular formula is C24H26NOP. The lowest BCUT2D eigenvalue weighted by Gasteiger charge is -2.25. The summed E-state index contributed by atoms with van der Waals surface area (Å²) in [6.45, 7) is 7.48. The van der Waals surface area contributed by atoms with E-state index < -0.39 is 7.92 Å². The highest BCUT2D eigenvalue weighted by Gasteiger charge is 2.34. The molecule has 2 aromatic rings. The molecule has 4 rings (SSSR count). The number of benzene rings is 2. The van der Waals surface area contributed by atoms with Crippen molar-refractivity contribution in [2.24, 2.45) is 5.41 Å². The van der Waals surface area contributed by atoms with Crippen LogP contribution in [-0.2, 0) is 4.74 Å². The molecule has 1 fully saturated rings. The molecule has 1 aliphatic heterocycles. The Morgan fingerprint density at radius 3 is 2.04 bits per heavy atom. The van der Waals surface area contributed by atoms with Gasteiger partial charge in [0.05, 0.1) is 6.04 Å². The first kappa shape index (κ1) is 18.1. The van der Waals surface area contributed by atoms with Crippen LogP contribution in [0.15, 0.2) is 95.7 Å². The molecule has 0 amide bonds. The van der Waals surface area contributed by atoms with Crippen molar-refractivity contribution in [3.8, 4) is 0 Å². The molecule has 0 radical (unpaired) electrons. The summed E-state index contributed by atoms with van der Waals surface area (Å²) in [7, 11) is -0.629. The molecular weight excluding hydrogens is 349 g/mol. The SMILES string of the molecule is CC(C)(C)[C@@H]1CO/C(=C2\C=CC=C2P(c2ccccc2)c2ccccc2)N1. The zero-order valence-electron chi connectivity index (χ0n) is 16.1. The lowest BCUT2D eigenvalue weighted by atomic mass is 9.88. The molecule has 1 N–H and O–H groups in total. The van der Waals surface area contributed by atoms with Gasteiger partial charge in [-0.05, 0) is 35.3 Å². The topological polar surface area (TPSA) is 21.3 Å². The van der Waals surface area contributed by atoms with Crippen LogP contribution in [0.5, 0.6) is 0 Å². The molecule has 1 heterocycles. The maximum absolute atomic E-state index is 6.11. The van der Waals surface area contributed by atoms with E-state index in [4.69, 9.17) is 4.74 Å². The number of ether oxygens (including phenoxy) is 1. The Kier molecular flexibility index (Phi) is 4.93. The lowest BCUT2D eigenvalue weighted by molar-refractivity contribution is 0.214. The van der Waals surface area contributed by atoms with Crippen LogP contribution in [0.2, 0.25) is 0 Å². The van der Waals surface area contributed by atoms with Crippen LogP contribution in [0, 0.1) is 5.41 Å². The van der Waals surface area contributed by atoms with Crippen molar-refractivity contribution in [1.82, 2.24) is 5.32 Å². The first-order valence-electron chi connectivity index (χ1n) is 9.46. The van der Waals surface area contributed by atoms with E-state index >= 15 is 0 Å². The minimum absolute atomic E-state index is 0.165. The molecule has 1 atom stereocenters. The summed E-state index contributed by atoms with van der Waals surface area (Å²) < 4.78 is 6.11. The van der Waals surface area contributed by atoms with Crippen LogP contribution < -0.4 is 15.9 Å². The summed E-state index contributed by atoms with van der Waals surface area (Å²) in [5.74, 6) is 0.925. The molecule has 2 aliphatic rings. The highest BCUT2D eigenvalue weighted by Crippen LogP contribution is 2.49. The standard InChI is InChI=1S/C24H26NOP/c1-24(2,3)22-17-26-23(25-22)20-15-10-16-21(20)27(18-11-6-4-7-12-18)19-13-8-5-9-14-19/h4-16,22,25H,17H2,1-3H3/b23-20+/t22-/m0/s1. The predicted molar refractivity (Wildman–Crippen MR) is 116 cm³/mol. The van der Waals surface area contributed by atoms with Gasteiger partial charge in [-0.3, -0.25) is 0 Å². The summed E-state index contributed by atoms with van der Waals surface area (Å²) in [5, 5.41) is 7.70. The fourth-order valence-electron chi connectivity index (χ4n) is 3.41. The van der Waals surface area contributed by atoms with Gasteiger partial charge < -0.3 is 10.1 Å². The Morgan fingerprint density at radius 2 is 1.52 bits per heavy atom. The van der Waals surface area contributed by atoms with Crippen LogP contribution in [0.4, 0.5) is 0 Å². The average molecular weight is 375 g/mol. The zero-order valence-corrected chi connectivity index (χ0v) is 17.0. The molecule has 27 heavy (non-hydrogen) atoms. The quantitative estimate of drug-likeness (QED) is 0.777. The highest BCUT2D eigenvalue weighted by atomic mass is 31.1. The molecule has 1 aliphatic carbocycles. The third kappa shape index (κ3) is 3.73. The number of nitrogens with one attached hydrogen (secondary N) is 1. The summed E-state index contributed by atoms with van der Waals surface area (Å²) in [6, 6.07) is 22.0. The number of hydrogen-bond acceptors (Lipinski definition) is 2. The van der Waals surface area contributed by atoms with Crippen molar-refractivity contribution < 1.29 is 4.74 Å². The zero-order chi connectivity index (χ0) is 18.9. The van der Waals surface area contributed by atoms with Crippen molar-refractivity contribution in [1.29, 1.82) is 0 Å². The van der Waals surface area contributed by atoms with Crippen LogP contribution in [0.1, 0.15) is 20.8 Å². The Balaban J connectivity index is 1.74. The molecule has 0 saturated carbocycles. The van der Waals surface area contributed by atoms with Crippen LogP contribution in [-0.4, -0.2) is 12.6 Å². The molecule has 2 nitrogen and oxygen atoms in total. The van der Waals surface area contributed by atoms with Crippen molar-refractivity contribution in [2.75, 3.05) is 6.61 Å². The van der Waals surface area contributed by atoms with Crippen molar-refractivity contribution >= 4 is 18.5 Å². The summed E-state index contributed by atoms with van der Waals surface area (Å²) in [4.78, 5) is 0. The first-order chi connectivity index (χ1) is 13.0. The molecule has 3 heteroatoms. The van der Waals surface area contributed by atoms with E-state index in [0.29, 0.717) is 6.04 Å². The van der Waals surface area contributed by atoms with Gasteiger partial charge >= 0.3 is 0 Å². The fourth-order valence-corrected chi connectivity index (χ4v) is 5.86. The third-order valence-corrected chi connectivity index (χ3v) is 7.55. The van der Waals surface area contributed by atoms with E-state index in [1.165, 1.54) is 21.5 Å². The van der Waals surface area contributed by atoms with Crippen LogP contribution >= 0.6 is 7.92 Å². The summed E-state index contributed by atoms with van der Waals surface area (Å²) in [6.07, 6.45) is 6.59. The Labute approximate surface area is 163 Å². The third-order valence-electron chi connectivity index (χ3n) is 5.05. The van der Waals surface area contributed by atoms with Gasteiger partial charge in [-0.25, -0.2) is 0 Å². The van der Waals surface area contributed by atoms with Crippen molar-refractivity contribution in [3.05, 3.63) is 95.7 Å².